The SMILES string of the molecule is CC(O)C(NC(=O)C12CC3OC(=O)C1N(Cc1cccc(I)c1)OC2C1OCOC31)C(=O)NC(CO)CCC(=O)OC(C)(C)C. The van der Waals surface area contributed by atoms with Crippen LogP contribution in [0.3, 0.4) is 0 Å². The van der Waals surface area contributed by atoms with Crippen LogP contribution < -0.4 is 10.6 Å². The minimum atomic E-state index is -1.53. The lowest BCUT2D eigenvalue weighted by Crippen LogP contribution is -2.71. The van der Waals surface area contributed by atoms with E-state index in [9.17, 15) is 29.4 Å². The van der Waals surface area contributed by atoms with Gasteiger partial charge in [-0.25, -0.2) is 0 Å². The van der Waals surface area contributed by atoms with E-state index in [2.05, 4.69) is 33.2 Å². The van der Waals surface area contributed by atoms with Crippen LogP contribution in [0.4, 0.5) is 0 Å². The van der Waals surface area contributed by atoms with Crippen LogP contribution >= 0.6 is 22.6 Å². The molecule has 1 saturated carbocycles. The van der Waals surface area contributed by atoms with Gasteiger partial charge in [0.25, 0.3) is 0 Å². The van der Waals surface area contributed by atoms with Gasteiger partial charge in [0.05, 0.1) is 25.3 Å². The number of nitrogens with zero attached hydrogens (tertiary/aromatic N) is 1. The molecule has 4 fully saturated rings. The van der Waals surface area contributed by atoms with Gasteiger partial charge in [0.15, 0.2) is 6.04 Å². The number of halogens is 1. The van der Waals surface area contributed by atoms with Crippen LogP contribution in [-0.4, -0.2) is 107 Å². The largest absolute Gasteiger partial charge is 0.460 e. The summed E-state index contributed by atoms with van der Waals surface area (Å²) in [4.78, 5) is 59.8. The molecule has 3 saturated heterocycles. The lowest BCUT2D eigenvalue weighted by Gasteiger charge is -2.49. The Morgan fingerprint density at radius 2 is 1.93 bits per heavy atom. The number of hydroxylamine groups is 2. The fraction of sp³-hybridized carbons (Fsp3) is 0.667. The van der Waals surface area contributed by atoms with E-state index in [-0.39, 0.29) is 32.6 Å². The fourth-order valence-corrected chi connectivity index (χ4v) is 7.12. The van der Waals surface area contributed by atoms with Crippen molar-refractivity contribution in [3.63, 3.8) is 0 Å². The second-order valence-corrected chi connectivity index (χ2v) is 14.2. The number of carbonyl (C=O) groups is 4. The Kier molecular flexibility index (Phi) is 10.1. The molecule has 2 bridgehead atoms. The molecule has 4 N–H and O–H groups in total. The third-order valence-electron chi connectivity index (χ3n) is 8.46. The van der Waals surface area contributed by atoms with Crippen molar-refractivity contribution in [1.29, 1.82) is 0 Å². The molecule has 3 heterocycles. The van der Waals surface area contributed by atoms with Gasteiger partial charge in [-0.15, -0.1) is 0 Å². The van der Waals surface area contributed by atoms with Crippen LogP contribution in [0.5, 0.6) is 0 Å². The number of esters is 2. The monoisotopic (exact) mass is 745 g/mol. The molecule has 15 heteroatoms. The van der Waals surface area contributed by atoms with Crippen molar-refractivity contribution in [3.05, 3.63) is 33.4 Å². The number of carbonyl (C=O) groups excluding carboxylic acids is 4. The lowest BCUT2D eigenvalue weighted by molar-refractivity contribution is -0.201. The molecule has 14 nitrogen and oxygen atoms in total. The van der Waals surface area contributed by atoms with Crippen molar-refractivity contribution < 1.29 is 53.2 Å². The van der Waals surface area contributed by atoms with Crippen molar-refractivity contribution in [3.8, 4) is 0 Å². The van der Waals surface area contributed by atoms with Crippen molar-refractivity contribution >= 4 is 46.3 Å². The van der Waals surface area contributed by atoms with Crippen LogP contribution in [0.1, 0.15) is 52.5 Å². The van der Waals surface area contributed by atoms with Crippen molar-refractivity contribution in [2.24, 2.45) is 5.41 Å². The highest BCUT2D eigenvalue weighted by molar-refractivity contribution is 14.1. The van der Waals surface area contributed by atoms with Gasteiger partial charge in [0.2, 0.25) is 11.8 Å². The van der Waals surface area contributed by atoms with Gasteiger partial charge in [-0.05, 0) is 74.4 Å². The highest BCUT2D eigenvalue weighted by Crippen LogP contribution is 2.55. The minimum absolute atomic E-state index is 0.0521. The predicted molar refractivity (Wildman–Crippen MR) is 163 cm³/mol. The van der Waals surface area contributed by atoms with Gasteiger partial charge >= 0.3 is 11.9 Å². The second kappa shape index (κ2) is 13.4. The van der Waals surface area contributed by atoms with E-state index in [0.717, 1.165) is 9.13 Å². The first-order valence-electron chi connectivity index (χ1n) is 15.0. The van der Waals surface area contributed by atoms with Crippen molar-refractivity contribution in [1.82, 2.24) is 15.7 Å². The minimum Gasteiger partial charge on any atom is -0.460 e. The number of amides is 2. The predicted octanol–water partition coefficient (Wildman–Crippen LogP) is 0.297. The van der Waals surface area contributed by atoms with Crippen molar-refractivity contribution in [2.45, 2.75) is 108 Å². The molecule has 9 atom stereocenters. The third-order valence-corrected chi connectivity index (χ3v) is 9.13. The first kappa shape index (κ1) is 33.9. The Labute approximate surface area is 274 Å². The maximum absolute atomic E-state index is 14.4. The Bertz CT molecular complexity index is 1310. The quantitative estimate of drug-likeness (QED) is 0.180. The topological polar surface area (TPSA) is 182 Å². The molecule has 4 aliphatic rings. The van der Waals surface area contributed by atoms with Crippen LogP contribution in [0.15, 0.2) is 24.3 Å². The van der Waals surface area contributed by atoms with E-state index in [4.69, 9.17) is 23.8 Å². The number of aliphatic hydroxyl groups is 2. The van der Waals surface area contributed by atoms with Gasteiger partial charge in [-0.3, -0.25) is 24.0 Å². The summed E-state index contributed by atoms with van der Waals surface area (Å²) in [6.45, 7) is 6.16. The summed E-state index contributed by atoms with van der Waals surface area (Å²) in [6, 6.07) is 4.14. The maximum atomic E-state index is 14.4. The molecule has 1 aromatic carbocycles. The summed E-state index contributed by atoms with van der Waals surface area (Å²) in [7, 11) is 0. The molecule has 0 spiro atoms. The first-order chi connectivity index (χ1) is 21.2. The number of ether oxygens (including phenoxy) is 4. The number of hydrogen-bond donors (Lipinski definition) is 4. The van der Waals surface area contributed by atoms with Gasteiger partial charge in [0.1, 0.15) is 48.3 Å². The van der Waals surface area contributed by atoms with E-state index in [1.54, 1.807) is 20.8 Å². The number of hydrogen-bond acceptors (Lipinski definition) is 12. The molecule has 2 amide bonds. The number of benzene rings is 1. The normalized spacial score (nSPS) is 30.9. The van der Waals surface area contributed by atoms with Gasteiger partial charge in [0, 0.05) is 16.4 Å². The molecule has 1 aliphatic carbocycles. The van der Waals surface area contributed by atoms with Gasteiger partial charge < -0.3 is 39.8 Å². The lowest BCUT2D eigenvalue weighted by atomic mass is 9.62. The Morgan fingerprint density at radius 1 is 1.20 bits per heavy atom. The van der Waals surface area contributed by atoms with E-state index in [1.165, 1.54) is 12.0 Å². The molecule has 0 radical (unpaired) electrons. The number of aliphatic hydroxyl groups excluding tert-OH is 2. The standard InChI is InChI=1S/C30H40IN3O11/c1-15(36)21(26(38)32-18(13-35)8-9-20(37)44-29(2,3)4)33-28(40)30-11-19-22-23(42-14-41-22)25(30)45-34(24(30)27(39)43-19)12-16-6-5-7-17(31)10-16/h5-7,10,15,18-19,21-25,35-36H,8-9,11-14H2,1-4H3,(H,32,38)(H,33,40). The zero-order chi connectivity index (χ0) is 32.7. The fourth-order valence-electron chi connectivity index (χ4n) is 6.51. The summed E-state index contributed by atoms with van der Waals surface area (Å²) >= 11 is 2.18. The highest BCUT2D eigenvalue weighted by Gasteiger charge is 2.74. The smallest absolute Gasteiger partial charge is 0.327 e. The molecule has 9 unspecified atom stereocenters. The van der Waals surface area contributed by atoms with Crippen LogP contribution in [0.2, 0.25) is 0 Å². The number of nitrogens with one attached hydrogen (secondary N) is 2. The summed E-state index contributed by atoms with van der Waals surface area (Å²) in [6.07, 6.45) is -4.39. The van der Waals surface area contributed by atoms with Crippen molar-refractivity contribution in [2.75, 3.05) is 13.4 Å². The summed E-state index contributed by atoms with van der Waals surface area (Å²) in [5.74, 6) is -2.61. The maximum Gasteiger partial charge on any atom is 0.327 e. The Morgan fingerprint density at radius 3 is 2.60 bits per heavy atom. The third kappa shape index (κ3) is 6.99. The molecule has 248 valence electrons. The first-order valence-corrected chi connectivity index (χ1v) is 16.0. The summed E-state index contributed by atoms with van der Waals surface area (Å²) < 4.78 is 23.6. The second-order valence-electron chi connectivity index (χ2n) is 12.9. The number of rotatable bonds is 11. The average Bonchev–Trinajstić information content (AvgIpc) is 3.57. The van der Waals surface area contributed by atoms with Gasteiger partial charge in [-0.2, -0.15) is 5.06 Å². The molecule has 45 heavy (non-hydrogen) atoms. The molecule has 5 rings (SSSR count). The van der Waals surface area contributed by atoms with E-state index >= 15 is 0 Å². The van der Waals surface area contributed by atoms with Crippen LogP contribution in [0, 0.1) is 8.99 Å². The molecule has 1 aromatic rings. The molecule has 3 aliphatic heterocycles. The zero-order valence-corrected chi connectivity index (χ0v) is 27.7. The molecular weight excluding hydrogens is 705 g/mol. The van der Waals surface area contributed by atoms with E-state index < -0.39 is 90.0 Å². The Balaban J connectivity index is 1.36. The summed E-state index contributed by atoms with van der Waals surface area (Å²) in [5, 5.41) is 27.2. The number of fused-ring (bicyclic) bond motifs is 4. The van der Waals surface area contributed by atoms with Crippen LogP contribution in [-0.2, 0) is 49.5 Å². The zero-order valence-electron chi connectivity index (χ0n) is 25.6. The van der Waals surface area contributed by atoms with Crippen LogP contribution in [0.25, 0.3) is 0 Å². The average molecular weight is 746 g/mol. The Hall–Kier alpha value is -2.41. The molecule has 0 aromatic heterocycles. The summed E-state index contributed by atoms with van der Waals surface area (Å²) in [5.41, 5.74) is -1.38. The van der Waals surface area contributed by atoms with Gasteiger partial charge in [-0.1, -0.05) is 12.1 Å². The molecular formula is C30H40IN3O11. The van der Waals surface area contributed by atoms with E-state index in [0.29, 0.717) is 0 Å². The van der Waals surface area contributed by atoms with E-state index in [1.807, 2.05) is 24.3 Å². The highest BCUT2D eigenvalue weighted by atomic mass is 127.